The Balaban J connectivity index is 1.77. The van der Waals surface area contributed by atoms with Crippen molar-refractivity contribution in [1.29, 1.82) is 0 Å². The number of ether oxygens (including phenoxy) is 1. The lowest BCUT2D eigenvalue weighted by Crippen LogP contribution is -2.37. The van der Waals surface area contributed by atoms with Crippen molar-refractivity contribution >= 4 is 21.6 Å². The molecule has 0 heterocycles. The topological polar surface area (TPSA) is 63.7 Å². The molecule has 5 nitrogen and oxygen atoms in total. The summed E-state index contributed by atoms with van der Waals surface area (Å²) in [6.07, 6.45) is 0.448. The zero-order valence-corrected chi connectivity index (χ0v) is 18.9. The maximum Gasteiger partial charge on any atom is 0.270 e. The summed E-state index contributed by atoms with van der Waals surface area (Å²) in [5.41, 5.74) is 3.39. The molecule has 162 valence electrons. The lowest BCUT2D eigenvalue weighted by atomic mass is 10.2. The maximum absolute atomic E-state index is 13.3. The summed E-state index contributed by atoms with van der Waals surface area (Å²) in [5, 5.41) is 0. The molecular weight excluding hydrogens is 410 g/mol. The van der Waals surface area contributed by atoms with Crippen LogP contribution in [0.15, 0.2) is 77.7 Å². The van der Waals surface area contributed by atoms with E-state index in [-0.39, 0.29) is 11.3 Å². The van der Waals surface area contributed by atoms with Crippen molar-refractivity contribution in [3.05, 3.63) is 89.5 Å². The number of hydrogen-bond donors (Lipinski definition) is 0. The number of benzene rings is 3. The first-order valence-corrected chi connectivity index (χ1v) is 11.6. The fraction of sp³-hybridized carbons (Fsp3) is 0.240. The third kappa shape index (κ3) is 5.73. The Bertz CT molecular complexity index is 1120. The molecule has 0 fully saturated rings. The van der Waals surface area contributed by atoms with Crippen molar-refractivity contribution in [2.24, 2.45) is 0 Å². The van der Waals surface area contributed by atoms with Crippen LogP contribution in [0.3, 0.4) is 0 Å². The molecule has 0 bridgehead atoms. The van der Waals surface area contributed by atoms with E-state index < -0.39 is 15.9 Å². The second-order valence-corrected chi connectivity index (χ2v) is 9.36. The fourth-order valence-electron chi connectivity index (χ4n) is 3.06. The minimum atomic E-state index is -4.03. The molecule has 0 atom stereocenters. The lowest BCUT2D eigenvalue weighted by Gasteiger charge is -2.23. The lowest BCUT2D eigenvalue weighted by molar-refractivity contribution is -0.117. The highest BCUT2D eigenvalue weighted by atomic mass is 32.2. The number of nitrogens with zero attached hydrogens (tertiary/aromatic N) is 1. The minimum Gasteiger partial charge on any atom is -0.494 e. The van der Waals surface area contributed by atoms with Gasteiger partial charge in [0.15, 0.2) is 0 Å². The molecule has 31 heavy (non-hydrogen) atoms. The molecule has 0 aliphatic rings. The van der Waals surface area contributed by atoms with E-state index in [2.05, 4.69) is 0 Å². The molecular formula is C25H27NO4S. The predicted octanol–water partition coefficient (Wildman–Crippen LogP) is 5.19. The van der Waals surface area contributed by atoms with E-state index >= 15 is 0 Å². The Morgan fingerprint density at radius 1 is 0.774 bits per heavy atom. The van der Waals surface area contributed by atoms with Gasteiger partial charge in [-0.3, -0.25) is 4.79 Å². The fourth-order valence-corrected chi connectivity index (χ4v) is 4.51. The van der Waals surface area contributed by atoms with Crippen LogP contribution in [0.4, 0.5) is 5.69 Å². The van der Waals surface area contributed by atoms with Crippen molar-refractivity contribution in [1.82, 2.24) is 0 Å². The molecule has 6 heteroatoms. The third-order valence-corrected chi connectivity index (χ3v) is 6.64. The summed E-state index contributed by atoms with van der Waals surface area (Å²) in [7, 11) is -4.03. The van der Waals surface area contributed by atoms with Crippen LogP contribution < -0.4 is 9.04 Å². The second-order valence-electron chi connectivity index (χ2n) is 7.58. The second kappa shape index (κ2) is 9.79. The smallest absolute Gasteiger partial charge is 0.270 e. The van der Waals surface area contributed by atoms with Crippen LogP contribution in [-0.2, 0) is 14.8 Å². The number of anilines is 1. The molecule has 0 N–H and O–H groups in total. The molecule has 3 aromatic carbocycles. The van der Waals surface area contributed by atoms with Crippen molar-refractivity contribution < 1.29 is 17.9 Å². The molecule has 0 unspecified atom stereocenters. The minimum absolute atomic E-state index is 0.0465. The summed E-state index contributed by atoms with van der Waals surface area (Å²) in [4.78, 5) is 13.1. The van der Waals surface area contributed by atoms with E-state index in [9.17, 15) is 13.2 Å². The summed E-state index contributed by atoms with van der Waals surface area (Å²) >= 11 is 0. The van der Waals surface area contributed by atoms with E-state index in [1.807, 2.05) is 45.0 Å². The highest BCUT2D eigenvalue weighted by molar-refractivity contribution is 7.93. The predicted molar refractivity (Wildman–Crippen MR) is 123 cm³/mol. The van der Waals surface area contributed by atoms with Gasteiger partial charge in [0, 0.05) is 6.42 Å². The van der Waals surface area contributed by atoms with Crippen LogP contribution in [0.1, 0.15) is 29.5 Å². The van der Waals surface area contributed by atoms with Crippen molar-refractivity contribution in [3.8, 4) is 5.75 Å². The van der Waals surface area contributed by atoms with Crippen LogP contribution in [0.25, 0.3) is 0 Å². The van der Waals surface area contributed by atoms with E-state index in [0.717, 1.165) is 26.7 Å². The third-order valence-electron chi connectivity index (χ3n) is 4.88. The Labute approximate surface area is 184 Å². The monoisotopic (exact) mass is 437 g/mol. The SMILES string of the molecule is Cc1ccc(OCCCC(=O)N(c2ccc(C)cc2)S(=O)(=O)c2ccc(C)cc2)cc1. The molecule has 0 aliphatic heterocycles. The van der Waals surface area contributed by atoms with Gasteiger partial charge in [0.1, 0.15) is 5.75 Å². The zero-order valence-electron chi connectivity index (χ0n) is 18.0. The molecule has 0 aliphatic carbocycles. The van der Waals surface area contributed by atoms with E-state index in [1.54, 1.807) is 36.4 Å². The van der Waals surface area contributed by atoms with Crippen LogP contribution in [0, 0.1) is 20.8 Å². The highest BCUT2D eigenvalue weighted by Crippen LogP contribution is 2.26. The molecule has 0 aromatic heterocycles. The van der Waals surface area contributed by atoms with Crippen molar-refractivity contribution in [2.45, 2.75) is 38.5 Å². The Morgan fingerprint density at radius 3 is 1.81 bits per heavy atom. The van der Waals surface area contributed by atoms with Gasteiger partial charge in [-0.15, -0.1) is 0 Å². The van der Waals surface area contributed by atoms with Gasteiger partial charge in [0.25, 0.3) is 10.0 Å². The number of rotatable bonds is 8. The van der Waals surface area contributed by atoms with Gasteiger partial charge in [-0.25, -0.2) is 12.7 Å². The number of aryl methyl sites for hydroxylation is 3. The van der Waals surface area contributed by atoms with Crippen molar-refractivity contribution in [3.63, 3.8) is 0 Å². The standard InChI is InChI=1S/C25H27NO4S/c1-19-6-12-22(13-7-19)26(31(28,29)24-16-10-21(3)11-17-24)25(27)5-4-18-30-23-14-8-20(2)9-15-23/h6-17H,4-5,18H2,1-3H3. The Hall–Kier alpha value is -3.12. The van der Waals surface area contributed by atoms with E-state index in [1.165, 1.54) is 12.1 Å². The summed E-state index contributed by atoms with van der Waals surface area (Å²) < 4.78 is 33.2. The summed E-state index contributed by atoms with van der Waals surface area (Å²) in [6.45, 7) is 6.11. The van der Waals surface area contributed by atoms with Crippen LogP contribution >= 0.6 is 0 Å². The molecule has 1 amide bonds. The first kappa shape index (κ1) is 22.6. The molecule has 0 saturated carbocycles. The number of carbonyl (C=O) groups is 1. The van der Waals surface area contributed by atoms with Crippen LogP contribution in [0.2, 0.25) is 0 Å². The summed E-state index contributed by atoms with van der Waals surface area (Å²) in [6, 6.07) is 21.0. The van der Waals surface area contributed by atoms with Gasteiger partial charge in [-0.2, -0.15) is 0 Å². The average molecular weight is 438 g/mol. The Morgan fingerprint density at radius 2 is 1.26 bits per heavy atom. The Kier molecular flexibility index (Phi) is 7.13. The zero-order chi connectivity index (χ0) is 22.4. The average Bonchev–Trinajstić information content (AvgIpc) is 2.74. The maximum atomic E-state index is 13.3. The van der Waals surface area contributed by atoms with Gasteiger partial charge in [-0.1, -0.05) is 53.1 Å². The van der Waals surface area contributed by atoms with Crippen molar-refractivity contribution in [2.75, 3.05) is 10.9 Å². The van der Waals surface area contributed by atoms with Crippen LogP contribution in [0.5, 0.6) is 5.75 Å². The largest absolute Gasteiger partial charge is 0.494 e. The quantitative estimate of drug-likeness (QED) is 0.455. The van der Waals surface area contributed by atoms with Gasteiger partial charge >= 0.3 is 0 Å². The molecule has 0 spiro atoms. The highest BCUT2D eigenvalue weighted by Gasteiger charge is 2.30. The summed E-state index contributed by atoms with van der Waals surface area (Å²) in [5.74, 6) is 0.234. The first-order valence-electron chi connectivity index (χ1n) is 10.2. The molecule has 0 radical (unpaired) electrons. The molecule has 3 rings (SSSR count). The number of sulfonamides is 1. The number of carbonyl (C=O) groups excluding carboxylic acids is 1. The van der Waals surface area contributed by atoms with Gasteiger partial charge < -0.3 is 4.74 Å². The molecule has 3 aromatic rings. The van der Waals surface area contributed by atoms with Crippen LogP contribution in [-0.4, -0.2) is 20.9 Å². The molecule has 0 saturated heterocycles. The first-order chi connectivity index (χ1) is 14.8. The van der Waals surface area contributed by atoms with Gasteiger partial charge in [-0.05, 0) is 63.6 Å². The normalized spacial score (nSPS) is 11.2. The number of hydrogen-bond acceptors (Lipinski definition) is 4. The van der Waals surface area contributed by atoms with E-state index in [0.29, 0.717) is 18.7 Å². The van der Waals surface area contributed by atoms with Gasteiger partial charge in [0.05, 0.1) is 17.2 Å². The van der Waals surface area contributed by atoms with Gasteiger partial charge in [0.2, 0.25) is 5.91 Å². The number of amides is 1. The van der Waals surface area contributed by atoms with E-state index in [4.69, 9.17) is 4.74 Å².